The first-order valence-corrected chi connectivity index (χ1v) is 9.06. The number of amides is 1. The third-order valence-corrected chi connectivity index (χ3v) is 5.05. The van der Waals surface area contributed by atoms with E-state index < -0.39 is 18.6 Å². The molecule has 0 radical (unpaired) electrons. The van der Waals surface area contributed by atoms with E-state index in [0.29, 0.717) is 43.4 Å². The number of nitrogens with two attached hydrogens (primary N) is 1. The molecule has 0 unspecified atom stereocenters. The van der Waals surface area contributed by atoms with Crippen molar-refractivity contribution >= 4 is 17.7 Å². The van der Waals surface area contributed by atoms with Gasteiger partial charge in [0, 0.05) is 18.3 Å². The van der Waals surface area contributed by atoms with Crippen LogP contribution in [0.4, 0.5) is 20.5 Å². The highest BCUT2D eigenvalue weighted by molar-refractivity contribution is 5.97. The van der Waals surface area contributed by atoms with Gasteiger partial charge in [0.15, 0.2) is 0 Å². The number of rotatable bonds is 8. The first kappa shape index (κ1) is 18.8. The molecule has 0 aliphatic heterocycles. The second kappa shape index (κ2) is 8.11. The van der Waals surface area contributed by atoms with Gasteiger partial charge in [0.2, 0.25) is 5.95 Å². The van der Waals surface area contributed by atoms with Crippen LogP contribution in [0.2, 0.25) is 0 Å². The number of nitrogens with one attached hydrogen (secondary N) is 2. The number of nitrogens with zero attached hydrogens (tertiary/aromatic N) is 2. The normalized spacial score (nSPS) is 24.3. The smallest absolute Gasteiger partial charge is 0.345 e. The molecule has 9 heteroatoms. The van der Waals surface area contributed by atoms with E-state index in [1.54, 1.807) is 0 Å². The molecule has 26 heavy (non-hydrogen) atoms. The molecule has 3 rings (SSSR count). The van der Waals surface area contributed by atoms with Crippen LogP contribution >= 0.6 is 0 Å². The number of aromatic nitrogens is 2. The fourth-order valence-electron chi connectivity index (χ4n) is 3.34. The Labute approximate surface area is 151 Å². The van der Waals surface area contributed by atoms with Gasteiger partial charge < -0.3 is 21.1 Å². The third kappa shape index (κ3) is 5.00. The predicted molar refractivity (Wildman–Crippen MR) is 93.1 cm³/mol. The van der Waals surface area contributed by atoms with Gasteiger partial charge in [-0.2, -0.15) is 13.8 Å². The van der Waals surface area contributed by atoms with Crippen molar-refractivity contribution in [1.82, 2.24) is 9.97 Å². The van der Waals surface area contributed by atoms with Gasteiger partial charge in [-0.3, -0.25) is 4.79 Å². The molecule has 0 bridgehead atoms. The molecule has 0 aromatic carbocycles. The number of halogens is 2. The molecule has 1 aromatic rings. The van der Waals surface area contributed by atoms with Gasteiger partial charge in [0.25, 0.3) is 5.91 Å². The van der Waals surface area contributed by atoms with Crippen molar-refractivity contribution in [2.75, 3.05) is 10.6 Å². The molecule has 2 fully saturated rings. The molecular formula is C17H25F2N5O2. The summed E-state index contributed by atoms with van der Waals surface area (Å²) < 4.78 is 29.1. The van der Waals surface area contributed by atoms with Gasteiger partial charge in [-0.15, -0.1) is 0 Å². The molecule has 2 aliphatic rings. The lowest BCUT2D eigenvalue weighted by Crippen LogP contribution is -2.31. The monoisotopic (exact) mass is 369 g/mol. The quantitative estimate of drug-likeness (QED) is 0.651. The first-order valence-electron chi connectivity index (χ1n) is 9.06. The number of hydrogen-bond donors (Lipinski definition) is 3. The zero-order valence-corrected chi connectivity index (χ0v) is 14.8. The van der Waals surface area contributed by atoms with Crippen LogP contribution < -0.4 is 16.4 Å². The fourth-order valence-corrected chi connectivity index (χ4v) is 3.34. The van der Waals surface area contributed by atoms with Crippen LogP contribution in [-0.4, -0.2) is 40.7 Å². The number of alkyl halides is 2. The molecule has 0 spiro atoms. The number of carbonyl (C=O) groups excluding carboxylic acids is 1. The van der Waals surface area contributed by atoms with Gasteiger partial charge in [-0.1, -0.05) is 0 Å². The van der Waals surface area contributed by atoms with Crippen LogP contribution in [-0.2, 0) is 4.74 Å². The Morgan fingerprint density at radius 1 is 1.27 bits per heavy atom. The summed E-state index contributed by atoms with van der Waals surface area (Å²) in [5.74, 6) is 0.849. The predicted octanol–water partition coefficient (Wildman–Crippen LogP) is 2.75. The largest absolute Gasteiger partial charge is 0.367 e. The number of hydrogen-bond acceptors (Lipinski definition) is 6. The van der Waals surface area contributed by atoms with Gasteiger partial charge in [-0.25, -0.2) is 4.98 Å². The lowest BCUT2D eigenvalue weighted by Gasteiger charge is -2.29. The molecule has 1 amide bonds. The van der Waals surface area contributed by atoms with Gasteiger partial charge in [0.1, 0.15) is 5.82 Å². The van der Waals surface area contributed by atoms with Crippen molar-refractivity contribution in [1.29, 1.82) is 0 Å². The summed E-state index contributed by atoms with van der Waals surface area (Å²) in [5.41, 5.74) is 5.68. The van der Waals surface area contributed by atoms with Crippen molar-refractivity contribution in [2.45, 2.75) is 70.2 Å². The van der Waals surface area contributed by atoms with Crippen LogP contribution in [0.3, 0.4) is 0 Å². The first-order chi connectivity index (χ1) is 12.4. The molecule has 1 heterocycles. The zero-order chi connectivity index (χ0) is 18.7. The van der Waals surface area contributed by atoms with Crippen molar-refractivity contribution < 1.29 is 18.3 Å². The molecule has 0 saturated heterocycles. The number of carbonyl (C=O) groups is 1. The van der Waals surface area contributed by atoms with Gasteiger partial charge in [0.05, 0.1) is 11.7 Å². The van der Waals surface area contributed by atoms with E-state index in [-0.39, 0.29) is 17.6 Å². The van der Waals surface area contributed by atoms with E-state index in [1.165, 1.54) is 19.0 Å². The Balaban J connectivity index is 1.62. The Morgan fingerprint density at radius 2 is 1.96 bits per heavy atom. The minimum absolute atomic E-state index is 0.0839. The minimum Gasteiger partial charge on any atom is -0.367 e. The summed E-state index contributed by atoms with van der Waals surface area (Å²) in [6.07, 6.45) is 5.86. The average Bonchev–Trinajstić information content (AvgIpc) is 3.41. The second-order valence-corrected chi connectivity index (χ2v) is 7.11. The van der Waals surface area contributed by atoms with Gasteiger partial charge >= 0.3 is 6.61 Å². The van der Waals surface area contributed by atoms with E-state index in [0.717, 1.165) is 0 Å². The summed E-state index contributed by atoms with van der Waals surface area (Å²) in [6, 6.07) is 0.290. The van der Waals surface area contributed by atoms with E-state index in [4.69, 9.17) is 5.73 Å². The van der Waals surface area contributed by atoms with E-state index in [9.17, 15) is 13.6 Å². The van der Waals surface area contributed by atoms with Crippen LogP contribution in [0.5, 0.6) is 0 Å². The van der Waals surface area contributed by atoms with E-state index >= 15 is 0 Å². The molecule has 1 aromatic heterocycles. The van der Waals surface area contributed by atoms with Crippen molar-refractivity contribution in [3.8, 4) is 0 Å². The summed E-state index contributed by atoms with van der Waals surface area (Å²) in [4.78, 5) is 20.2. The van der Waals surface area contributed by atoms with Crippen LogP contribution in [0.1, 0.15) is 55.8 Å². The highest BCUT2D eigenvalue weighted by Crippen LogP contribution is 2.34. The van der Waals surface area contributed by atoms with E-state index in [2.05, 4.69) is 32.3 Å². The Hall–Kier alpha value is -2.03. The summed E-state index contributed by atoms with van der Waals surface area (Å²) in [6.45, 7) is -0.668. The van der Waals surface area contributed by atoms with Crippen LogP contribution in [0.25, 0.3) is 0 Å². The highest BCUT2D eigenvalue weighted by Gasteiger charge is 2.29. The zero-order valence-electron chi connectivity index (χ0n) is 14.8. The average molecular weight is 369 g/mol. The lowest BCUT2D eigenvalue weighted by atomic mass is 9.93. The van der Waals surface area contributed by atoms with Crippen molar-refractivity contribution in [2.24, 2.45) is 11.7 Å². The molecule has 2 aliphatic carbocycles. The molecule has 2 saturated carbocycles. The Bertz CT molecular complexity index is 634. The maximum Gasteiger partial charge on any atom is 0.345 e. The van der Waals surface area contributed by atoms with Crippen LogP contribution in [0.15, 0.2) is 6.20 Å². The fraction of sp³-hybridized carbons (Fsp3) is 0.706. The molecular weight excluding hydrogens is 344 g/mol. The lowest BCUT2D eigenvalue weighted by molar-refractivity contribution is -0.169. The minimum atomic E-state index is -2.73. The molecule has 4 N–H and O–H groups in total. The molecule has 7 nitrogen and oxygen atoms in total. The Morgan fingerprint density at radius 3 is 2.54 bits per heavy atom. The van der Waals surface area contributed by atoms with Crippen molar-refractivity contribution in [3.05, 3.63) is 11.8 Å². The topological polar surface area (TPSA) is 102 Å². The Kier molecular flexibility index (Phi) is 5.85. The third-order valence-electron chi connectivity index (χ3n) is 5.05. The summed E-state index contributed by atoms with van der Waals surface area (Å²) in [7, 11) is 0. The van der Waals surface area contributed by atoms with Gasteiger partial charge in [-0.05, 0) is 51.4 Å². The highest BCUT2D eigenvalue weighted by atomic mass is 19.3. The number of ether oxygens (including phenoxy) is 1. The number of primary amides is 1. The summed E-state index contributed by atoms with van der Waals surface area (Å²) in [5, 5.41) is 6.49. The maximum absolute atomic E-state index is 12.3. The number of anilines is 2. The van der Waals surface area contributed by atoms with Crippen molar-refractivity contribution in [3.63, 3.8) is 0 Å². The van der Waals surface area contributed by atoms with E-state index in [1.807, 2.05) is 0 Å². The summed E-state index contributed by atoms with van der Waals surface area (Å²) >= 11 is 0. The maximum atomic E-state index is 12.3. The molecule has 1 atom stereocenters. The molecule has 144 valence electrons. The second-order valence-electron chi connectivity index (χ2n) is 7.11. The SMILES string of the molecule is C[C@@H](Nc1nc(NC2CCC(OC(F)F)CC2)ncc1C(N)=O)C1CC1. The van der Waals surface area contributed by atoms with Crippen LogP contribution in [0, 0.1) is 5.92 Å². The standard InChI is InChI=1S/C17H25F2N5O2/c1-9(10-2-3-10)22-15-13(14(20)25)8-21-17(24-15)23-11-4-6-12(7-5-11)26-16(18)19/h8-12,16H,2-7H2,1H3,(H2,20,25)(H2,21,22,23,24)/t9-,11?,12?/m1/s1.